The third kappa shape index (κ3) is 1.74. The van der Waals surface area contributed by atoms with Crippen LogP contribution >= 0.6 is 15.9 Å². The van der Waals surface area contributed by atoms with Crippen molar-refractivity contribution in [2.24, 2.45) is 0 Å². The van der Waals surface area contributed by atoms with Gasteiger partial charge in [0.15, 0.2) is 0 Å². The van der Waals surface area contributed by atoms with E-state index in [1.807, 2.05) is 0 Å². The Labute approximate surface area is 93.3 Å². The third-order valence-corrected chi connectivity index (χ3v) is 2.48. The zero-order valence-corrected chi connectivity index (χ0v) is 9.36. The van der Waals surface area contributed by atoms with Crippen molar-refractivity contribution in [1.29, 1.82) is 0 Å². The lowest BCUT2D eigenvalue weighted by Crippen LogP contribution is -2.25. The first-order valence-corrected chi connectivity index (χ1v) is 5.55. The first kappa shape index (κ1) is 10.2. The summed E-state index contributed by atoms with van der Waals surface area (Å²) in [6.07, 6.45) is 0. The number of rotatable bonds is 2. The minimum atomic E-state index is -0.613. The number of hydrogen-bond acceptors (Lipinski definition) is 3. The van der Waals surface area contributed by atoms with Gasteiger partial charge in [-0.05, 0) is 12.1 Å². The second kappa shape index (κ2) is 4.02. The number of aryl methyl sites for hydroxylation is 1. The summed E-state index contributed by atoms with van der Waals surface area (Å²) in [5.41, 5.74) is 0.0274. The molecule has 0 bridgehead atoms. The Morgan fingerprint density at radius 2 is 2.00 bits per heavy atom. The first-order chi connectivity index (χ1) is 7.24. The number of halogens is 1. The highest BCUT2D eigenvalue weighted by Gasteiger charge is 2.07. The predicted octanol–water partition coefficient (Wildman–Crippen LogP) is 1.35. The minimum absolute atomic E-state index is 0.429. The smallest absolute Gasteiger partial charge is 0.372 e. The zero-order valence-electron chi connectivity index (χ0n) is 7.77. The monoisotopic (exact) mass is 269 g/mol. The molecular formula is C10H8BrNO3. The molecule has 0 aliphatic rings. The molecule has 2 aromatic rings. The molecule has 4 nitrogen and oxygen atoms in total. The highest BCUT2D eigenvalue weighted by molar-refractivity contribution is 9.09. The summed E-state index contributed by atoms with van der Waals surface area (Å²) >= 11 is 3.25. The molecule has 1 aromatic heterocycles. The highest BCUT2D eigenvalue weighted by Crippen LogP contribution is 2.07. The first-order valence-electron chi connectivity index (χ1n) is 4.42. The van der Waals surface area contributed by atoms with Crippen molar-refractivity contribution in [1.82, 2.24) is 4.57 Å². The van der Waals surface area contributed by atoms with Gasteiger partial charge >= 0.3 is 11.4 Å². The van der Waals surface area contributed by atoms with E-state index in [9.17, 15) is 9.59 Å². The van der Waals surface area contributed by atoms with Crippen LogP contribution in [0.15, 0.2) is 38.3 Å². The van der Waals surface area contributed by atoms with Crippen LogP contribution in [0, 0.1) is 0 Å². The fourth-order valence-corrected chi connectivity index (χ4v) is 1.82. The molecule has 0 amide bonds. The Bertz CT molecular complexity index is 599. The van der Waals surface area contributed by atoms with Crippen molar-refractivity contribution in [3.8, 4) is 0 Å². The predicted molar refractivity (Wildman–Crippen MR) is 60.5 cm³/mol. The van der Waals surface area contributed by atoms with Crippen molar-refractivity contribution in [3.63, 3.8) is 0 Å². The van der Waals surface area contributed by atoms with Gasteiger partial charge in [-0.2, -0.15) is 0 Å². The van der Waals surface area contributed by atoms with E-state index in [1.54, 1.807) is 24.3 Å². The normalized spacial score (nSPS) is 10.7. The molecule has 0 fully saturated rings. The minimum Gasteiger partial charge on any atom is -0.372 e. The molecule has 0 saturated carbocycles. The maximum atomic E-state index is 11.4. The van der Waals surface area contributed by atoms with E-state index in [-0.39, 0.29) is 0 Å². The van der Waals surface area contributed by atoms with Crippen LogP contribution in [0.2, 0.25) is 0 Å². The van der Waals surface area contributed by atoms with E-state index >= 15 is 0 Å². The van der Waals surface area contributed by atoms with Crippen LogP contribution in [0.4, 0.5) is 0 Å². The van der Waals surface area contributed by atoms with Crippen molar-refractivity contribution >= 4 is 26.8 Å². The summed E-state index contributed by atoms with van der Waals surface area (Å²) in [6.45, 7) is 0.475. The quantitative estimate of drug-likeness (QED) is 0.774. The van der Waals surface area contributed by atoms with Gasteiger partial charge in [0, 0.05) is 11.9 Å². The van der Waals surface area contributed by atoms with Gasteiger partial charge in [-0.25, -0.2) is 9.59 Å². The Morgan fingerprint density at radius 1 is 1.27 bits per heavy atom. The largest absolute Gasteiger partial charge is 0.422 e. The maximum absolute atomic E-state index is 11.4. The van der Waals surface area contributed by atoms with E-state index in [4.69, 9.17) is 0 Å². The summed E-state index contributed by atoms with van der Waals surface area (Å²) in [5, 5.41) is 1.06. The molecule has 0 atom stereocenters. The Hall–Kier alpha value is -1.36. The zero-order chi connectivity index (χ0) is 10.8. The molecule has 0 radical (unpaired) electrons. The maximum Gasteiger partial charge on any atom is 0.422 e. The summed E-state index contributed by atoms with van der Waals surface area (Å²) in [5.74, 6) is -0.613. The van der Waals surface area contributed by atoms with Crippen LogP contribution < -0.4 is 11.4 Å². The number of para-hydroxylation sites is 1. The molecule has 1 heterocycles. The van der Waals surface area contributed by atoms with Gasteiger partial charge in [0.05, 0.1) is 10.9 Å². The van der Waals surface area contributed by atoms with Gasteiger partial charge in [0.1, 0.15) is 0 Å². The van der Waals surface area contributed by atoms with E-state index in [0.717, 1.165) is 0 Å². The lowest BCUT2D eigenvalue weighted by atomic mass is 10.2. The number of fused-ring (bicyclic) bond motifs is 1. The average molecular weight is 270 g/mol. The van der Waals surface area contributed by atoms with Crippen molar-refractivity contribution in [2.45, 2.75) is 6.54 Å². The second-order valence-electron chi connectivity index (χ2n) is 3.01. The molecule has 0 aliphatic heterocycles. The summed E-state index contributed by atoms with van der Waals surface area (Å²) in [7, 11) is 0. The van der Waals surface area contributed by atoms with Crippen LogP contribution in [0.25, 0.3) is 10.9 Å². The van der Waals surface area contributed by atoms with Gasteiger partial charge in [-0.3, -0.25) is 4.57 Å². The fourth-order valence-electron chi connectivity index (χ4n) is 1.47. The Kier molecular flexibility index (Phi) is 2.73. The number of nitrogens with zero attached hydrogens (tertiary/aromatic N) is 1. The summed E-state index contributed by atoms with van der Waals surface area (Å²) in [6, 6.07) is 6.90. The molecule has 5 heteroatoms. The summed E-state index contributed by atoms with van der Waals surface area (Å²) in [4.78, 5) is 22.8. The van der Waals surface area contributed by atoms with E-state index in [1.165, 1.54) is 4.57 Å². The SMILES string of the molecule is O=c1oc(=O)n(CCBr)c2ccccc12. The van der Waals surface area contributed by atoms with Gasteiger partial charge in [0.2, 0.25) is 0 Å². The van der Waals surface area contributed by atoms with Crippen molar-refractivity contribution < 1.29 is 4.42 Å². The van der Waals surface area contributed by atoms with Gasteiger partial charge < -0.3 is 4.42 Å². The lowest BCUT2D eigenvalue weighted by molar-refractivity contribution is 0.422. The van der Waals surface area contributed by atoms with Gasteiger partial charge in [-0.1, -0.05) is 28.1 Å². The second-order valence-corrected chi connectivity index (χ2v) is 3.81. The lowest BCUT2D eigenvalue weighted by Gasteiger charge is -2.05. The molecular weight excluding hydrogens is 262 g/mol. The molecule has 0 unspecified atom stereocenters. The van der Waals surface area contributed by atoms with E-state index in [0.29, 0.717) is 22.8 Å². The van der Waals surface area contributed by atoms with Crippen LogP contribution in [-0.4, -0.2) is 9.90 Å². The molecule has 78 valence electrons. The fraction of sp³-hybridized carbons (Fsp3) is 0.200. The number of hydrogen-bond donors (Lipinski definition) is 0. The molecule has 1 aromatic carbocycles. The van der Waals surface area contributed by atoms with Gasteiger partial charge in [0.25, 0.3) is 0 Å². The molecule has 2 rings (SSSR count). The van der Waals surface area contributed by atoms with Crippen molar-refractivity contribution in [2.75, 3.05) is 5.33 Å². The standard InChI is InChI=1S/C10H8BrNO3/c11-5-6-12-8-4-2-1-3-7(8)9(13)15-10(12)14/h1-4H,5-6H2. The number of benzene rings is 1. The molecule has 0 N–H and O–H groups in total. The van der Waals surface area contributed by atoms with E-state index in [2.05, 4.69) is 20.3 Å². The third-order valence-electron chi connectivity index (χ3n) is 2.12. The van der Waals surface area contributed by atoms with Crippen LogP contribution in [0.3, 0.4) is 0 Å². The molecule has 0 aliphatic carbocycles. The molecule has 0 saturated heterocycles. The Morgan fingerprint density at radius 3 is 2.73 bits per heavy atom. The van der Waals surface area contributed by atoms with Crippen LogP contribution in [-0.2, 0) is 6.54 Å². The topological polar surface area (TPSA) is 52.2 Å². The van der Waals surface area contributed by atoms with Crippen LogP contribution in [0.5, 0.6) is 0 Å². The summed E-state index contributed by atoms with van der Waals surface area (Å²) < 4.78 is 6.04. The van der Waals surface area contributed by atoms with Crippen molar-refractivity contribution in [3.05, 3.63) is 45.2 Å². The molecule has 0 spiro atoms. The van der Waals surface area contributed by atoms with Gasteiger partial charge in [-0.15, -0.1) is 0 Å². The Balaban J connectivity index is 2.90. The average Bonchev–Trinajstić information content (AvgIpc) is 2.24. The number of aromatic nitrogens is 1. The highest BCUT2D eigenvalue weighted by atomic mass is 79.9. The van der Waals surface area contributed by atoms with Crippen LogP contribution in [0.1, 0.15) is 0 Å². The molecule has 15 heavy (non-hydrogen) atoms. The number of alkyl halides is 1. The van der Waals surface area contributed by atoms with E-state index < -0.39 is 11.4 Å².